The van der Waals surface area contributed by atoms with Crippen molar-refractivity contribution in [1.82, 2.24) is 24.6 Å². The van der Waals surface area contributed by atoms with E-state index in [9.17, 15) is 4.39 Å². The molecular weight excluding hydrogens is 469 g/mol. The summed E-state index contributed by atoms with van der Waals surface area (Å²) in [6, 6.07) is 8.32. The zero-order valence-corrected chi connectivity index (χ0v) is 20.4. The van der Waals surface area contributed by atoms with Gasteiger partial charge < -0.3 is 14.5 Å². The fraction of sp³-hybridized carbons (Fsp3) is 0.480. The van der Waals surface area contributed by atoms with Gasteiger partial charge in [-0.15, -0.1) is 10.2 Å². The number of aryl methyl sites for hydroxylation is 1. The highest BCUT2D eigenvalue weighted by molar-refractivity contribution is 6.30. The minimum atomic E-state index is -0.258. The normalized spacial score (nSPS) is 23.0. The number of halogens is 2. The van der Waals surface area contributed by atoms with Gasteiger partial charge in [0.05, 0.1) is 25.0 Å². The van der Waals surface area contributed by atoms with E-state index in [0.29, 0.717) is 11.6 Å². The molecule has 10 heteroatoms. The second-order valence-electron chi connectivity index (χ2n) is 10.5. The molecule has 1 spiro atoms. The van der Waals surface area contributed by atoms with Crippen LogP contribution in [0.15, 0.2) is 30.5 Å². The fourth-order valence-electron chi connectivity index (χ4n) is 6.01. The molecule has 0 amide bonds. The summed E-state index contributed by atoms with van der Waals surface area (Å²) in [4.78, 5) is 11.3. The maximum Gasteiger partial charge on any atom is 0.231 e. The number of hydrogen-bond acceptors (Lipinski definition) is 7. The summed E-state index contributed by atoms with van der Waals surface area (Å²) in [5, 5.41) is 10.0. The zero-order chi connectivity index (χ0) is 23.7. The van der Waals surface area contributed by atoms with Crippen molar-refractivity contribution in [3.63, 3.8) is 0 Å². The predicted octanol–water partition coefficient (Wildman–Crippen LogP) is 3.19. The molecule has 2 aromatic heterocycles. The lowest BCUT2D eigenvalue weighted by Gasteiger charge is -2.60. The Hall–Kier alpha value is -2.75. The molecule has 8 nitrogen and oxygen atoms in total. The molecule has 0 aliphatic carbocycles. The second kappa shape index (κ2) is 7.88. The molecule has 0 N–H and O–H groups in total. The number of pyridine rings is 1. The Balaban J connectivity index is 1.13. The van der Waals surface area contributed by atoms with Gasteiger partial charge in [-0.2, -0.15) is 0 Å². The van der Waals surface area contributed by atoms with Gasteiger partial charge in [0, 0.05) is 55.8 Å². The van der Waals surface area contributed by atoms with E-state index >= 15 is 0 Å². The van der Waals surface area contributed by atoms with Crippen LogP contribution in [0.1, 0.15) is 23.4 Å². The lowest BCUT2D eigenvalue weighted by molar-refractivity contribution is 0.133. The third-order valence-electron chi connectivity index (χ3n) is 7.88. The summed E-state index contributed by atoms with van der Waals surface area (Å²) in [5.74, 6) is 2.45. The van der Waals surface area contributed by atoms with Gasteiger partial charge in [0.25, 0.3) is 0 Å². The maximum atomic E-state index is 13.6. The molecule has 7 rings (SSSR count). The Morgan fingerprint density at radius 2 is 1.91 bits per heavy atom. The molecule has 4 aliphatic heterocycles. The van der Waals surface area contributed by atoms with E-state index in [2.05, 4.69) is 46.6 Å². The van der Waals surface area contributed by atoms with Crippen molar-refractivity contribution in [2.75, 3.05) is 49.2 Å². The van der Waals surface area contributed by atoms with Crippen LogP contribution in [0.3, 0.4) is 0 Å². The van der Waals surface area contributed by atoms with Crippen LogP contribution in [0.5, 0.6) is 0 Å². The molecule has 0 radical (unpaired) electrons. The quantitative estimate of drug-likeness (QED) is 0.553. The van der Waals surface area contributed by atoms with Crippen LogP contribution in [-0.4, -0.2) is 70.1 Å². The van der Waals surface area contributed by atoms with Gasteiger partial charge in [-0.05, 0) is 48.7 Å². The van der Waals surface area contributed by atoms with E-state index in [-0.39, 0.29) is 11.2 Å². The fourth-order valence-corrected chi connectivity index (χ4v) is 6.21. The number of hydrogen-bond donors (Lipinski definition) is 0. The van der Waals surface area contributed by atoms with Crippen LogP contribution in [-0.2, 0) is 17.8 Å². The van der Waals surface area contributed by atoms with Crippen LogP contribution >= 0.6 is 11.6 Å². The van der Waals surface area contributed by atoms with Gasteiger partial charge >= 0.3 is 0 Å². The van der Waals surface area contributed by atoms with E-state index in [1.54, 1.807) is 6.92 Å². The molecule has 0 bridgehead atoms. The first kappa shape index (κ1) is 21.5. The third-order valence-corrected chi connectivity index (χ3v) is 8.11. The Labute approximate surface area is 208 Å². The van der Waals surface area contributed by atoms with Crippen LogP contribution in [0, 0.1) is 18.2 Å². The van der Waals surface area contributed by atoms with Gasteiger partial charge in [-0.1, -0.05) is 11.6 Å². The number of ether oxygens (including phenoxy) is 1. The van der Waals surface area contributed by atoms with E-state index in [0.717, 1.165) is 87.2 Å². The molecule has 182 valence electrons. The van der Waals surface area contributed by atoms with Crippen LogP contribution < -0.4 is 9.80 Å². The summed E-state index contributed by atoms with van der Waals surface area (Å²) >= 11 is 6.40. The van der Waals surface area contributed by atoms with Crippen molar-refractivity contribution < 1.29 is 9.13 Å². The van der Waals surface area contributed by atoms with Crippen LogP contribution in [0.4, 0.5) is 16.2 Å². The molecule has 6 heterocycles. The monoisotopic (exact) mass is 495 g/mol. The highest BCUT2D eigenvalue weighted by Crippen LogP contribution is 2.44. The number of fused-ring (bicyclic) bond motifs is 3. The molecule has 3 fully saturated rings. The average molecular weight is 496 g/mol. The highest BCUT2D eigenvalue weighted by atomic mass is 35.5. The smallest absolute Gasteiger partial charge is 0.231 e. The zero-order valence-electron chi connectivity index (χ0n) is 19.6. The first-order chi connectivity index (χ1) is 17.0. The maximum absolute atomic E-state index is 13.6. The summed E-state index contributed by atoms with van der Waals surface area (Å²) < 4.78 is 21.5. The molecular formula is C25H27ClFN7O. The third kappa shape index (κ3) is 3.51. The second-order valence-corrected chi connectivity index (χ2v) is 10.9. The predicted molar refractivity (Wildman–Crippen MR) is 131 cm³/mol. The number of anilines is 2. The van der Waals surface area contributed by atoms with Gasteiger partial charge in [0.2, 0.25) is 5.95 Å². The Bertz CT molecular complexity index is 1290. The van der Waals surface area contributed by atoms with E-state index in [1.807, 2.05) is 12.1 Å². The van der Waals surface area contributed by atoms with E-state index < -0.39 is 0 Å². The molecule has 0 unspecified atom stereocenters. The molecule has 3 saturated heterocycles. The first-order valence-corrected chi connectivity index (χ1v) is 12.5. The Morgan fingerprint density at radius 1 is 1.09 bits per heavy atom. The van der Waals surface area contributed by atoms with Gasteiger partial charge in [0.1, 0.15) is 11.6 Å². The summed E-state index contributed by atoms with van der Waals surface area (Å²) in [7, 11) is 0. The number of nitrogens with zero attached hydrogens (tertiary/aromatic N) is 7. The molecule has 4 aliphatic rings. The Morgan fingerprint density at radius 3 is 2.69 bits per heavy atom. The van der Waals surface area contributed by atoms with Gasteiger partial charge in [0.15, 0.2) is 5.82 Å². The number of benzene rings is 1. The van der Waals surface area contributed by atoms with Crippen LogP contribution in [0.2, 0.25) is 5.02 Å². The highest BCUT2D eigenvalue weighted by Gasteiger charge is 2.53. The Kier molecular flexibility index (Phi) is 4.84. The molecule has 3 aromatic rings. The largest absolute Gasteiger partial charge is 0.380 e. The lowest BCUT2D eigenvalue weighted by Crippen LogP contribution is -2.73. The van der Waals surface area contributed by atoms with Crippen molar-refractivity contribution in [3.8, 4) is 5.69 Å². The van der Waals surface area contributed by atoms with Crippen molar-refractivity contribution >= 4 is 23.4 Å². The standard InChI is InChI=1S/C25H27ClFN7O/c1-16-6-22(28-8-20(16)27)32-12-25(13-32)14-33(15-25)24-30-29-23-10-31(19-4-5-35-11-19)9-17-7-18(26)2-3-21(17)34(23)24/h2-3,6-8,19H,4-5,9-15H2,1H3/t19-/m0/s1. The van der Waals surface area contributed by atoms with E-state index in [1.165, 1.54) is 11.8 Å². The van der Waals surface area contributed by atoms with Gasteiger partial charge in [-0.3, -0.25) is 9.47 Å². The number of aromatic nitrogens is 4. The van der Waals surface area contributed by atoms with Crippen molar-refractivity contribution in [2.45, 2.75) is 32.5 Å². The summed E-state index contributed by atoms with van der Waals surface area (Å²) in [6.07, 6.45) is 2.35. The molecule has 1 atom stereocenters. The first-order valence-electron chi connectivity index (χ1n) is 12.1. The molecule has 35 heavy (non-hydrogen) atoms. The lowest BCUT2D eigenvalue weighted by atomic mass is 9.73. The SMILES string of the molecule is Cc1cc(N2CC3(C2)CN(c2nnc4n2-c2ccc(Cl)cc2CN([C@H]2CCOC2)C4)C3)ncc1F. The average Bonchev–Trinajstić information content (AvgIpc) is 3.42. The van der Waals surface area contributed by atoms with Crippen molar-refractivity contribution in [3.05, 3.63) is 58.3 Å². The molecule has 0 saturated carbocycles. The van der Waals surface area contributed by atoms with Gasteiger partial charge in [-0.25, -0.2) is 9.37 Å². The van der Waals surface area contributed by atoms with E-state index in [4.69, 9.17) is 16.3 Å². The molecule has 1 aromatic carbocycles. The van der Waals surface area contributed by atoms with Crippen LogP contribution in [0.25, 0.3) is 5.69 Å². The van der Waals surface area contributed by atoms with Crippen molar-refractivity contribution in [1.29, 1.82) is 0 Å². The minimum absolute atomic E-state index is 0.219. The number of rotatable bonds is 3. The van der Waals surface area contributed by atoms with Crippen molar-refractivity contribution in [2.24, 2.45) is 5.41 Å². The summed E-state index contributed by atoms with van der Waals surface area (Å²) in [6.45, 7) is 8.57. The summed E-state index contributed by atoms with van der Waals surface area (Å²) in [5.41, 5.74) is 3.14. The topological polar surface area (TPSA) is 62.6 Å². The minimum Gasteiger partial charge on any atom is -0.380 e.